The van der Waals surface area contributed by atoms with Gasteiger partial charge < -0.3 is 11.1 Å². The van der Waals surface area contributed by atoms with Crippen molar-refractivity contribution in [1.82, 2.24) is 0 Å². The Bertz CT molecular complexity index is 420. The molecule has 0 radical (unpaired) electrons. The molecule has 0 saturated heterocycles. The smallest absolute Gasteiger partial charge is 0.241 e. The molecule has 4 heteroatoms. The Kier molecular flexibility index (Phi) is 5.82. The number of hydrogen-bond acceptors (Lipinski definition) is 2. The zero-order valence-corrected chi connectivity index (χ0v) is 12.8. The minimum Gasteiger partial charge on any atom is -0.324 e. The van der Waals surface area contributed by atoms with Gasteiger partial charge in [0.05, 0.1) is 6.04 Å². The van der Waals surface area contributed by atoms with Gasteiger partial charge in [0.15, 0.2) is 0 Å². The molecule has 0 aliphatic heterocycles. The summed E-state index contributed by atoms with van der Waals surface area (Å²) < 4.78 is 1.02. The average Bonchev–Trinajstić information content (AvgIpc) is 2.38. The van der Waals surface area contributed by atoms with Crippen LogP contribution in [0.15, 0.2) is 22.7 Å². The molecule has 0 fully saturated rings. The third-order valence-electron chi connectivity index (χ3n) is 3.27. The van der Waals surface area contributed by atoms with Crippen LogP contribution in [0.5, 0.6) is 0 Å². The number of nitrogens with one attached hydrogen (secondary N) is 1. The molecule has 1 unspecified atom stereocenters. The quantitative estimate of drug-likeness (QED) is 0.876. The summed E-state index contributed by atoms with van der Waals surface area (Å²) in [5, 5.41) is 2.92. The maximum Gasteiger partial charge on any atom is 0.241 e. The number of rotatable bonds is 5. The monoisotopic (exact) mass is 312 g/mol. The second-order valence-corrected chi connectivity index (χ2v) is 5.47. The Hall–Kier alpha value is -0.870. The second kappa shape index (κ2) is 6.90. The molecule has 100 valence electrons. The molecule has 0 saturated carbocycles. The predicted octanol–water partition coefficient (Wildman–Crippen LogP) is 3.32. The largest absolute Gasteiger partial charge is 0.324 e. The Morgan fingerprint density at radius 3 is 2.67 bits per heavy atom. The summed E-state index contributed by atoms with van der Waals surface area (Å²) in [6.45, 7) is 6.09. The molecule has 0 heterocycles. The number of nitrogens with two attached hydrogens (primary N) is 1. The summed E-state index contributed by atoms with van der Waals surface area (Å²) in [4.78, 5) is 12.0. The summed E-state index contributed by atoms with van der Waals surface area (Å²) in [5.41, 5.74) is 7.88. The minimum atomic E-state index is -0.455. The van der Waals surface area contributed by atoms with E-state index < -0.39 is 6.04 Å². The van der Waals surface area contributed by atoms with Gasteiger partial charge in [0.2, 0.25) is 5.91 Å². The lowest BCUT2D eigenvalue weighted by atomic mass is 9.99. The molecule has 3 nitrogen and oxygen atoms in total. The maximum absolute atomic E-state index is 12.0. The number of halogens is 1. The van der Waals surface area contributed by atoms with Crippen LogP contribution in [-0.2, 0) is 11.2 Å². The topological polar surface area (TPSA) is 55.1 Å². The van der Waals surface area contributed by atoms with Crippen molar-refractivity contribution in [2.24, 2.45) is 11.7 Å². The Labute approximate surface area is 117 Å². The first kappa shape index (κ1) is 15.2. The van der Waals surface area contributed by atoms with Crippen LogP contribution in [0.2, 0.25) is 0 Å². The van der Waals surface area contributed by atoms with Crippen molar-refractivity contribution in [1.29, 1.82) is 0 Å². The van der Waals surface area contributed by atoms with Gasteiger partial charge in [-0.1, -0.05) is 43.1 Å². The van der Waals surface area contributed by atoms with E-state index in [0.29, 0.717) is 0 Å². The third kappa shape index (κ3) is 3.82. The van der Waals surface area contributed by atoms with Crippen molar-refractivity contribution in [3.05, 3.63) is 28.2 Å². The number of aryl methyl sites for hydroxylation is 1. The molecule has 0 aliphatic carbocycles. The molecule has 0 bridgehead atoms. The normalized spacial score (nSPS) is 14.1. The van der Waals surface area contributed by atoms with E-state index in [1.807, 2.05) is 32.0 Å². The van der Waals surface area contributed by atoms with Gasteiger partial charge >= 0.3 is 0 Å². The first-order chi connectivity index (χ1) is 8.49. The molecule has 3 N–H and O–H groups in total. The number of anilines is 1. The van der Waals surface area contributed by atoms with E-state index in [9.17, 15) is 4.79 Å². The van der Waals surface area contributed by atoms with E-state index in [4.69, 9.17) is 5.73 Å². The van der Waals surface area contributed by atoms with Gasteiger partial charge in [0.25, 0.3) is 0 Å². The van der Waals surface area contributed by atoms with Crippen molar-refractivity contribution < 1.29 is 4.79 Å². The zero-order chi connectivity index (χ0) is 13.7. The fraction of sp³-hybridized carbons (Fsp3) is 0.500. The van der Waals surface area contributed by atoms with Gasteiger partial charge in [-0.3, -0.25) is 4.79 Å². The first-order valence-electron chi connectivity index (χ1n) is 6.34. The fourth-order valence-electron chi connectivity index (χ4n) is 1.71. The average molecular weight is 313 g/mol. The van der Waals surface area contributed by atoms with E-state index in [1.165, 1.54) is 0 Å². The highest BCUT2D eigenvalue weighted by molar-refractivity contribution is 9.10. The molecule has 0 aromatic heterocycles. The Balaban J connectivity index is 2.81. The number of carbonyl (C=O) groups is 1. The number of hydrogen-bond donors (Lipinski definition) is 2. The van der Waals surface area contributed by atoms with Crippen molar-refractivity contribution in [3.8, 4) is 0 Å². The summed E-state index contributed by atoms with van der Waals surface area (Å²) >= 11 is 3.43. The SMILES string of the molecule is CCc1cc(Br)ccc1NC(=O)[C@@H](N)C(C)CC. The summed E-state index contributed by atoms with van der Waals surface area (Å²) in [5.74, 6) is 0.0758. The molecule has 1 aromatic carbocycles. The molecule has 1 aromatic rings. The number of carbonyl (C=O) groups excluding carboxylic acids is 1. The van der Waals surface area contributed by atoms with Crippen LogP contribution in [-0.4, -0.2) is 11.9 Å². The van der Waals surface area contributed by atoms with Crippen LogP contribution < -0.4 is 11.1 Å². The van der Waals surface area contributed by atoms with Crippen LogP contribution in [0.3, 0.4) is 0 Å². The molecule has 0 spiro atoms. The van der Waals surface area contributed by atoms with Gasteiger partial charge in [-0.05, 0) is 36.1 Å². The molecule has 18 heavy (non-hydrogen) atoms. The highest BCUT2D eigenvalue weighted by atomic mass is 79.9. The lowest BCUT2D eigenvalue weighted by Gasteiger charge is -2.19. The Morgan fingerprint density at radius 2 is 2.11 bits per heavy atom. The van der Waals surface area contributed by atoms with Gasteiger partial charge in [0.1, 0.15) is 0 Å². The van der Waals surface area contributed by atoms with E-state index in [0.717, 1.165) is 28.6 Å². The highest BCUT2D eigenvalue weighted by Gasteiger charge is 2.20. The lowest BCUT2D eigenvalue weighted by Crippen LogP contribution is -2.40. The second-order valence-electron chi connectivity index (χ2n) is 4.56. The van der Waals surface area contributed by atoms with Crippen LogP contribution in [0.1, 0.15) is 32.8 Å². The highest BCUT2D eigenvalue weighted by Crippen LogP contribution is 2.22. The van der Waals surface area contributed by atoms with E-state index in [2.05, 4.69) is 28.2 Å². The Morgan fingerprint density at radius 1 is 1.44 bits per heavy atom. The standard InChI is InChI=1S/C14H21BrN2O/c1-4-9(3)13(16)14(18)17-12-7-6-11(15)8-10(12)5-2/h6-9,13H,4-5,16H2,1-3H3,(H,17,18)/t9?,13-/m0/s1. The molecule has 0 aliphatic rings. The van der Waals surface area contributed by atoms with Crippen molar-refractivity contribution in [3.63, 3.8) is 0 Å². The molecule has 2 atom stereocenters. The number of benzene rings is 1. The van der Waals surface area contributed by atoms with E-state index in [-0.39, 0.29) is 11.8 Å². The predicted molar refractivity (Wildman–Crippen MR) is 79.6 cm³/mol. The van der Waals surface area contributed by atoms with Gasteiger partial charge in [-0.25, -0.2) is 0 Å². The van der Waals surface area contributed by atoms with E-state index in [1.54, 1.807) is 0 Å². The molecular weight excluding hydrogens is 292 g/mol. The summed E-state index contributed by atoms with van der Waals surface area (Å²) in [7, 11) is 0. The molecule has 1 amide bonds. The zero-order valence-electron chi connectivity index (χ0n) is 11.2. The number of amides is 1. The van der Waals surface area contributed by atoms with Crippen molar-refractivity contribution in [2.75, 3.05) is 5.32 Å². The molecular formula is C14H21BrN2O. The summed E-state index contributed by atoms with van der Waals surface area (Å²) in [6.07, 6.45) is 1.77. The fourth-order valence-corrected chi connectivity index (χ4v) is 2.11. The minimum absolute atomic E-state index is 0.110. The van der Waals surface area contributed by atoms with Crippen LogP contribution in [0.25, 0.3) is 0 Å². The first-order valence-corrected chi connectivity index (χ1v) is 7.13. The maximum atomic E-state index is 12.0. The molecule has 1 rings (SSSR count). The van der Waals surface area contributed by atoms with Crippen molar-refractivity contribution >= 4 is 27.5 Å². The van der Waals surface area contributed by atoms with E-state index >= 15 is 0 Å². The van der Waals surface area contributed by atoms with Crippen LogP contribution in [0.4, 0.5) is 5.69 Å². The van der Waals surface area contributed by atoms with Crippen LogP contribution in [0, 0.1) is 5.92 Å². The van der Waals surface area contributed by atoms with Gasteiger partial charge in [-0.15, -0.1) is 0 Å². The lowest BCUT2D eigenvalue weighted by molar-refractivity contribution is -0.118. The third-order valence-corrected chi connectivity index (χ3v) is 3.76. The van der Waals surface area contributed by atoms with Gasteiger partial charge in [-0.2, -0.15) is 0 Å². The van der Waals surface area contributed by atoms with Gasteiger partial charge in [0, 0.05) is 10.2 Å². The van der Waals surface area contributed by atoms with Crippen molar-refractivity contribution in [2.45, 2.75) is 39.7 Å². The van der Waals surface area contributed by atoms with Crippen LogP contribution >= 0.6 is 15.9 Å². The summed E-state index contributed by atoms with van der Waals surface area (Å²) in [6, 6.07) is 5.39.